The maximum absolute atomic E-state index is 8.36. The molecule has 0 heterocycles. The lowest BCUT2D eigenvalue weighted by Crippen LogP contribution is -2.19. The van der Waals surface area contributed by atoms with Crippen LogP contribution in [0.5, 0.6) is 0 Å². The number of rotatable bonds is 2. The SMILES string of the molecule is CCC(N)OC.O=[N+]([O-])O. The van der Waals surface area contributed by atoms with Crippen molar-refractivity contribution in [2.75, 3.05) is 7.11 Å². The van der Waals surface area contributed by atoms with Crippen LogP contribution in [0.4, 0.5) is 0 Å². The van der Waals surface area contributed by atoms with E-state index < -0.39 is 5.09 Å². The highest BCUT2D eigenvalue weighted by Crippen LogP contribution is 1.81. The van der Waals surface area contributed by atoms with Gasteiger partial charge in [-0.1, -0.05) is 6.92 Å². The summed E-state index contributed by atoms with van der Waals surface area (Å²) in [6.07, 6.45) is 0.821. The second-order valence-corrected chi connectivity index (χ2v) is 1.42. The molecular formula is C4H12N2O4. The molecule has 0 aromatic carbocycles. The molecule has 0 amide bonds. The van der Waals surface area contributed by atoms with Crippen LogP contribution < -0.4 is 5.73 Å². The van der Waals surface area contributed by atoms with Crippen molar-refractivity contribution in [1.82, 2.24) is 0 Å². The van der Waals surface area contributed by atoms with Crippen molar-refractivity contribution in [1.29, 1.82) is 0 Å². The molecule has 1 unspecified atom stereocenters. The third-order valence-corrected chi connectivity index (χ3v) is 0.705. The van der Waals surface area contributed by atoms with Gasteiger partial charge in [0.2, 0.25) is 0 Å². The Hall–Kier alpha value is -0.880. The standard InChI is InChI=1S/C4H11NO.HNO3/c1-3-4(5)6-2;2-1(3)4/h4H,3,5H2,1-2H3;(H,2,3,4). The molecule has 0 saturated heterocycles. The van der Waals surface area contributed by atoms with E-state index in [0.717, 1.165) is 6.42 Å². The van der Waals surface area contributed by atoms with E-state index in [4.69, 9.17) is 21.1 Å². The van der Waals surface area contributed by atoms with Crippen molar-refractivity contribution < 1.29 is 15.0 Å². The van der Waals surface area contributed by atoms with Crippen LogP contribution in [0.2, 0.25) is 0 Å². The predicted octanol–water partition coefficient (Wildman–Crippen LogP) is -0.0201. The average molecular weight is 152 g/mol. The van der Waals surface area contributed by atoms with Crippen LogP contribution in [0.15, 0.2) is 0 Å². The molecule has 0 bridgehead atoms. The molecule has 10 heavy (non-hydrogen) atoms. The first-order chi connectivity index (χ1) is 4.54. The molecule has 0 aliphatic rings. The summed E-state index contributed by atoms with van der Waals surface area (Å²) in [6, 6.07) is 0. The van der Waals surface area contributed by atoms with Crippen molar-refractivity contribution >= 4 is 0 Å². The monoisotopic (exact) mass is 152 g/mol. The van der Waals surface area contributed by atoms with Gasteiger partial charge in [0.1, 0.15) is 6.23 Å². The average Bonchev–Trinajstić information content (AvgIpc) is 1.85. The lowest BCUT2D eigenvalue weighted by atomic mass is 10.4. The maximum Gasteiger partial charge on any atom is 0.291 e. The summed E-state index contributed by atoms with van der Waals surface area (Å²) in [5, 5.41) is 13.6. The number of nitrogens with two attached hydrogens (primary N) is 1. The third-order valence-electron chi connectivity index (χ3n) is 0.705. The minimum atomic E-state index is -1.50. The van der Waals surface area contributed by atoms with Gasteiger partial charge in [-0.3, -0.25) is 0 Å². The highest BCUT2D eigenvalue weighted by molar-refractivity contribution is 4.35. The van der Waals surface area contributed by atoms with Gasteiger partial charge in [-0.15, -0.1) is 10.1 Å². The van der Waals surface area contributed by atoms with E-state index in [-0.39, 0.29) is 6.23 Å². The highest BCUT2D eigenvalue weighted by atomic mass is 16.9. The van der Waals surface area contributed by atoms with Crippen LogP contribution in [-0.2, 0) is 4.74 Å². The number of hydrogen-bond acceptors (Lipinski definition) is 4. The summed E-state index contributed by atoms with van der Waals surface area (Å²) in [7, 11) is 1.61. The molecule has 0 spiro atoms. The van der Waals surface area contributed by atoms with Gasteiger partial charge in [-0.2, -0.15) is 0 Å². The van der Waals surface area contributed by atoms with E-state index in [9.17, 15) is 0 Å². The normalized spacial score (nSPS) is 11.1. The van der Waals surface area contributed by atoms with Gasteiger partial charge < -0.3 is 15.7 Å². The van der Waals surface area contributed by atoms with Crippen LogP contribution in [-0.4, -0.2) is 23.6 Å². The molecule has 0 aromatic rings. The van der Waals surface area contributed by atoms with Gasteiger partial charge in [0.15, 0.2) is 0 Å². The van der Waals surface area contributed by atoms with Crippen LogP contribution in [0.1, 0.15) is 13.3 Å². The molecule has 0 aromatic heterocycles. The van der Waals surface area contributed by atoms with E-state index in [0.29, 0.717) is 0 Å². The molecule has 0 fully saturated rings. The number of nitrogens with zero attached hydrogens (tertiary/aromatic N) is 1. The van der Waals surface area contributed by atoms with Crippen LogP contribution in [0.25, 0.3) is 0 Å². The second kappa shape index (κ2) is 8.12. The Morgan fingerprint density at radius 1 is 1.90 bits per heavy atom. The predicted molar refractivity (Wildman–Crippen MR) is 34.1 cm³/mol. The summed E-state index contributed by atoms with van der Waals surface area (Å²) in [5.41, 5.74) is 5.25. The number of hydrogen-bond donors (Lipinski definition) is 2. The smallest absolute Gasteiger partial charge is 0.291 e. The molecular weight excluding hydrogens is 140 g/mol. The zero-order chi connectivity index (χ0) is 8.57. The van der Waals surface area contributed by atoms with Crippen molar-refractivity contribution in [3.8, 4) is 0 Å². The van der Waals surface area contributed by atoms with Gasteiger partial charge in [0.05, 0.1) is 0 Å². The van der Waals surface area contributed by atoms with E-state index >= 15 is 0 Å². The van der Waals surface area contributed by atoms with Gasteiger partial charge in [-0.05, 0) is 6.42 Å². The first-order valence-electron chi connectivity index (χ1n) is 2.66. The van der Waals surface area contributed by atoms with E-state index in [1.807, 2.05) is 6.92 Å². The van der Waals surface area contributed by atoms with Crippen molar-refractivity contribution in [2.24, 2.45) is 5.73 Å². The quantitative estimate of drug-likeness (QED) is 0.329. The minimum Gasteiger partial charge on any atom is -0.367 e. The van der Waals surface area contributed by atoms with Gasteiger partial charge in [0.25, 0.3) is 5.09 Å². The molecule has 0 aliphatic heterocycles. The largest absolute Gasteiger partial charge is 0.367 e. The molecule has 0 aliphatic carbocycles. The zero-order valence-corrected chi connectivity index (χ0v) is 5.98. The summed E-state index contributed by atoms with van der Waals surface area (Å²) < 4.78 is 4.68. The number of methoxy groups -OCH3 is 1. The summed E-state index contributed by atoms with van der Waals surface area (Å²) >= 11 is 0. The lowest BCUT2D eigenvalue weighted by molar-refractivity contribution is -0.742. The van der Waals surface area contributed by atoms with Gasteiger partial charge in [-0.25, -0.2) is 0 Å². The zero-order valence-electron chi connectivity index (χ0n) is 5.98. The number of ether oxygens (including phenoxy) is 1. The molecule has 0 rings (SSSR count). The van der Waals surface area contributed by atoms with Crippen molar-refractivity contribution in [3.05, 3.63) is 10.1 Å². The fourth-order valence-corrected chi connectivity index (χ4v) is 0.167. The first-order valence-corrected chi connectivity index (χ1v) is 2.66. The summed E-state index contributed by atoms with van der Waals surface area (Å²) in [5.74, 6) is 0. The van der Waals surface area contributed by atoms with Crippen LogP contribution >= 0.6 is 0 Å². The van der Waals surface area contributed by atoms with Gasteiger partial charge >= 0.3 is 0 Å². The summed E-state index contributed by atoms with van der Waals surface area (Å²) in [6.45, 7) is 1.98. The molecule has 1 atom stereocenters. The fraction of sp³-hybridized carbons (Fsp3) is 1.00. The first kappa shape index (κ1) is 11.9. The Morgan fingerprint density at radius 3 is 2.20 bits per heavy atom. The Morgan fingerprint density at radius 2 is 2.20 bits per heavy atom. The molecule has 3 N–H and O–H groups in total. The fourth-order valence-electron chi connectivity index (χ4n) is 0.167. The molecule has 62 valence electrons. The van der Waals surface area contributed by atoms with Crippen molar-refractivity contribution in [3.63, 3.8) is 0 Å². The van der Waals surface area contributed by atoms with Crippen LogP contribution in [0.3, 0.4) is 0 Å². The van der Waals surface area contributed by atoms with Crippen LogP contribution in [0, 0.1) is 10.1 Å². The minimum absolute atomic E-state index is 0.0648. The van der Waals surface area contributed by atoms with E-state index in [1.165, 1.54) is 0 Å². The highest BCUT2D eigenvalue weighted by Gasteiger charge is 1.88. The van der Waals surface area contributed by atoms with E-state index in [1.54, 1.807) is 7.11 Å². The topological polar surface area (TPSA) is 98.6 Å². The lowest BCUT2D eigenvalue weighted by Gasteiger charge is -2.01. The Bertz CT molecular complexity index is 79.3. The van der Waals surface area contributed by atoms with Gasteiger partial charge in [0, 0.05) is 7.11 Å². The second-order valence-electron chi connectivity index (χ2n) is 1.42. The molecule has 0 radical (unpaired) electrons. The molecule has 0 saturated carbocycles. The van der Waals surface area contributed by atoms with E-state index in [2.05, 4.69) is 4.74 Å². The molecule has 6 heteroatoms. The Kier molecular flexibility index (Phi) is 9.63. The maximum atomic E-state index is 8.36. The van der Waals surface area contributed by atoms with Crippen molar-refractivity contribution in [2.45, 2.75) is 19.6 Å². The Labute approximate surface area is 58.7 Å². The third kappa shape index (κ3) is 27.4. The summed E-state index contributed by atoms with van der Waals surface area (Å²) in [4.78, 5) is 8.36. The Balaban J connectivity index is 0. The molecule has 6 nitrogen and oxygen atoms in total.